The van der Waals surface area contributed by atoms with E-state index in [-0.39, 0.29) is 18.8 Å². The van der Waals surface area contributed by atoms with Crippen molar-refractivity contribution in [3.63, 3.8) is 0 Å². The standard InChI is InChI=1S/C59H90O27/c1-10-24(2)49(76)86-46-47(79-25(3)63)59(23-62)27(17-54(46,4)5)26-11-12-32-55(6)15-14-34(56(7,22-61)31(55)13-16-57(32,8)58(26,9)18-33(59)66)81-53-45(85-51-40(72)38(70)37(69)30(19-60)80-51)42(41(73)43(83-53)48(74)75)82-52-44(36(68)29(65)21-78-52)84-50-39(71)35(67)28(64)20-77-50/h10-11,22,27-47,50-53,60,62,64-73H,12-21,23H2,1-9H3,(H,74,75)/b24-10-/t27-,28+,29-,30+,31+,32+,33+,34-,35?,36-,37-,38-,39+,40+,41-,42-,43-,44+,45+,46-,47-,50?,51-,52-,53+,55-,56-,57+,58+,59-/m0/s1. The lowest BCUT2D eigenvalue weighted by atomic mass is 9.33. The molecule has 13 N–H and O–H groups in total. The number of carboxylic acids is 1. The van der Waals surface area contributed by atoms with Gasteiger partial charge in [0.15, 0.2) is 31.3 Å². The van der Waals surface area contributed by atoms with Crippen LogP contribution in [0.1, 0.15) is 107 Å². The number of aldehydes is 1. The van der Waals surface area contributed by atoms with Gasteiger partial charge in [0.2, 0.25) is 0 Å². The molecule has 27 nitrogen and oxygen atoms in total. The Balaban J connectivity index is 1.05. The summed E-state index contributed by atoms with van der Waals surface area (Å²) in [5.41, 5.74) is -4.42. The van der Waals surface area contributed by atoms with Crippen molar-refractivity contribution in [2.75, 3.05) is 26.4 Å². The first-order valence-electron chi connectivity index (χ1n) is 29.9. The van der Waals surface area contributed by atoms with Crippen molar-refractivity contribution in [1.82, 2.24) is 0 Å². The maximum Gasteiger partial charge on any atom is 0.335 e. The molecule has 488 valence electrons. The molecule has 9 rings (SSSR count). The number of hydrogen-bond donors (Lipinski definition) is 13. The quantitative estimate of drug-likeness (QED) is 0.0277. The van der Waals surface area contributed by atoms with Crippen LogP contribution in [0.4, 0.5) is 0 Å². The predicted octanol–water partition coefficient (Wildman–Crippen LogP) is -2.01. The normalized spacial score (nSPS) is 51.1. The Kier molecular flexibility index (Phi) is 19.3. The zero-order valence-corrected chi connectivity index (χ0v) is 50.0. The Labute approximate surface area is 498 Å². The van der Waals surface area contributed by atoms with Gasteiger partial charge in [0.25, 0.3) is 0 Å². The maximum absolute atomic E-state index is 14.2. The van der Waals surface area contributed by atoms with E-state index in [9.17, 15) is 85.6 Å². The number of carbonyl (C=O) groups excluding carboxylic acids is 3. The van der Waals surface area contributed by atoms with Crippen LogP contribution < -0.4 is 0 Å². The molecule has 86 heavy (non-hydrogen) atoms. The molecule has 27 heteroatoms. The second kappa shape index (κ2) is 24.8. The van der Waals surface area contributed by atoms with E-state index in [4.69, 9.17) is 47.4 Å². The van der Waals surface area contributed by atoms with Crippen LogP contribution in [0.25, 0.3) is 0 Å². The molecule has 0 aromatic rings. The number of aliphatic hydroxyl groups excluding tert-OH is 12. The maximum atomic E-state index is 14.2. The molecule has 2 unspecified atom stereocenters. The fourth-order valence-electron chi connectivity index (χ4n) is 17.0. The minimum Gasteiger partial charge on any atom is -0.479 e. The Morgan fingerprint density at radius 3 is 1.91 bits per heavy atom. The SMILES string of the molecule is C/C=C(/C)C(=O)O[C@H]1[C@H](OC(C)=O)[C@]2(CO)[C@H](O)C[C@]3(C)C(=CC[C@@H]4[C@@]5(C)CC[C@H](O[C@@H]6O[C@H](C(=O)O)[C@@H](O)[C@H](O[C@@H]7OC[C@H](O)[C@H](O)[C@H]7OC7OC[C@@H](O)C(O)[C@H]7O)[C@H]6O[C@@H]6O[C@H](CO)[C@H](O)[C@H](O)[C@H]6O)[C@@](C)(C=O)[C@@H]5CC[C@]43C)[C@@H]2CC1(C)C. The smallest absolute Gasteiger partial charge is 0.335 e. The van der Waals surface area contributed by atoms with E-state index >= 15 is 0 Å². The number of allylic oxidation sites excluding steroid dienone is 3. The van der Waals surface area contributed by atoms with Crippen molar-refractivity contribution in [3.8, 4) is 0 Å². The zero-order valence-electron chi connectivity index (χ0n) is 50.0. The van der Waals surface area contributed by atoms with Gasteiger partial charge >= 0.3 is 17.9 Å². The predicted molar refractivity (Wildman–Crippen MR) is 289 cm³/mol. The average Bonchev–Trinajstić information content (AvgIpc) is 0.672. The zero-order chi connectivity index (χ0) is 63.3. The molecular weight excluding hydrogens is 1140 g/mol. The number of hydrogen-bond acceptors (Lipinski definition) is 26. The molecule has 4 saturated heterocycles. The summed E-state index contributed by atoms with van der Waals surface area (Å²) in [4.78, 5) is 53.8. The van der Waals surface area contributed by atoms with Gasteiger partial charge in [-0.1, -0.05) is 59.3 Å². The van der Waals surface area contributed by atoms with Crippen LogP contribution >= 0.6 is 0 Å². The summed E-state index contributed by atoms with van der Waals surface area (Å²) in [5, 5.41) is 144. The molecule has 0 spiro atoms. The Morgan fingerprint density at radius 1 is 0.663 bits per heavy atom. The monoisotopic (exact) mass is 1230 g/mol. The molecule has 0 aromatic heterocycles. The van der Waals surface area contributed by atoms with Crippen LogP contribution in [-0.2, 0) is 66.5 Å². The molecule has 8 fully saturated rings. The van der Waals surface area contributed by atoms with E-state index in [2.05, 4.69) is 26.8 Å². The van der Waals surface area contributed by atoms with Gasteiger partial charge < -0.3 is 119 Å². The van der Waals surface area contributed by atoms with E-state index in [0.29, 0.717) is 37.7 Å². The van der Waals surface area contributed by atoms with Crippen molar-refractivity contribution >= 4 is 24.2 Å². The number of ether oxygens (including phenoxy) is 10. The van der Waals surface area contributed by atoms with Crippen molar-refractivity contribution in [1.29, 1.82) is 0 Å². The van der Waals surface area contributed by atoms with Crippen LogP contribution in [0.2, 0.25) is 0 Å². The fourth-order valence-corrected chi connectivity index (χ4v) is 17.0. The van der Waals surface area contributed by atoms with Crippen molar-refractivity contribution in [2.24, 2.45) is 50.2 Å². The molecule has 5 aliphatic carbocycles. The van der Waals surface area contributed by atoms with Crippen LogP contribution in [0, 0.1) is 50.2 Å². The minimum atomic E-state index is -2.28. The molecule has 4 saturated carbocycles. The molecule has 4 aliphatic heterocycles. The number of fused-ring (bicyclic) bond motifs is 7. The molecular formula is C59H90O27. The van der Waals surface area contributed by atoms with Gasteiger partial charge in [-0.2, -0.15) is 0 Å². The van der Waals surface area contributed by atoms with Gasteiger partial charge in [0.05, 0.1) is 49.5 Å². The van der Waals surface area contributed by atoms with E-state index in [0.717, 1.165) is 11.9 Å². The Hall–Kier alpha value is -3.24. The number of aliphatic carboxylic acids is 1. The van der Waals surface area contributed by atoms with E-state index in [1.165, 1.54) is 6.92 Å². The third-order valence-corrected chi connectivity index (χ3v) is 22.2. The second-order valence-electron chi connectivity index (χ2n) is 27.3. The highest BCUT2D eigenvalue weighted by Gasteiger charge is 2.74. The van der Waals surface area contributed by atoms with Crippen LogP contribution in [0.3, 0.4) is 0 Å². The summed E-state index contributed by atoms with van der Waals surface area (Å²) in [6.45, 7) is 13.8. The summed E-state index contributed by atoms with van der Waals surface area (Å²) in [7, 11) is 0. The molecule has 4 heterocycles. The van der Waals surface area contributed by atoms with Gasteiger partial charge in [-0.05, 0) is 92.8 Å². The molecule has 0 bridgehead atoms. The summed E-state index contributed by atoms with van der Waals surface area (Å²) < 4.78 is 60.5. The number of aliphatic hydroxyl groups is 12. The van der Waals surface area contributed by atoms with Crippen LogP contribution in [0.15, 0.2) is 23.3 Å². The van der Waals surface area contributed by atoms with E-state index < -0.39 is 224 Å². The highest BCUT2D eigenvalue weighted by Crippen LogP contribution is 2.76. The van der Waals surface area contributed by atoms with Gasteiger partial charge in [0, 0.05) is 17.9 Å². The summed E-state index contributed by atoms with van der Waals surface area (Å²) in [6.07, 6.45) is -32.4. The lowest BCUT2D eigenvalue weighted by molar-refractivity contribution is -0.398. The van der Waals surface area contributed by atoms with Gasteiger partial charge in [-0.3, -0.25) is 4.79 Å². The summed E-state index contributed by atoms with van der Waals surface area (Å²) >= 11 is 0. The highest BCUT2D eigenvalue weighted by molar-refractivity contribution is 5.87. The summed E-state index contributed by atoms with van der Waals surface area (Å²) in [5.74, 6) is -4.24. The molecule has 0 amide bonds. The van der Waals surface area contributed by atoms with Crippen molar-refractivity contribution in [2.45, 2.75) is 242 Å². The van der Waals surface area contributed by atoms with E-state index in [1.54, 1.807) is 26.8 Å². The van der Waals surface area contributed by atoms with Crippen LogP contribution in [-0.4, -0.2) is 252 Å². The lowest BCUT2D eigenvalue weighted by Gasteiger charge is -2.72. The van der Waals surface area contributed by atoms with Crippen molar-refractivity contribution in [3.05, 3.63) is 23.3 Å². The van der Waals surface area contributed by atoms with Crippen LogP contribution in [0.5, 0.6) is 0 Å². The molecule has 9 aliphatic rings. The van der Waals surface area contributed by atoms with Crippen molar-refractivity contribution < 1.29 is 133 Å². The third-order valence-electron chi connectivity index (χ3n) is 22.2. The largest absolute Gasteiger partial charge is 0.479 e. The third kappa shape index (κ3) is 10.9. The first-order chi connectivity index (χ1) is 40.3. The van der Waals surface area contributed by atoms with E-state index in [1.807, 2.05) is 13.8 Å². The number of rotatable bonds is 15. The molecule has 0 aromatic carbocycles. The Bertz CT molecular complexity index is 2550. The second-order valence-corrected chi connectivity index (χ2v) is 27.3. The fraction of sp³-hybridized carbons (Fsp3) is 0.864. The highest BCUT2D eigenvalue weighted by atomic mass is 16.8. The number of carboxylic acid groups (broad SMARTS) is 1. The lowest BCUT2D eigenvalue weighted by Crippen LogP contribution is -2.72. The summed E-state index contributed by atoms with van der Waals surface area (Å²) in [6, 6.07) is 0. The van der Waals surface area contributed by atoms with Gasteiger partial charge in [0.1, 0.15) is 97.8 Å². The van der Waals surface area contributed by atoms with Gasteiger partial charge in [-0.25, -0.2) is 9.59 Å². The molecule has 0 radical (unpaired) electrons. The Morgan fingerprint density at radius 2 is 1.29 bits per heavy atom. The van der Waals surface area contributed by atoms with Gasteiger partial charge in [-0.15, -0.1) is 0 Å². The average molecular weight is 1230 g/mol. The first kappa shape index (κ1) is 67.2. The first-order valence-corrected chi connectivity index (χ1v) is 29.9. The molecule has 30 atom stereocenters. The number of esters is 2. The minimum absolute atomic E-state index is 0.112. The number of carbonyl (C=O) groups is 4. The topological polar surface area (TPSA) is 424 Å².